The summed E-state index contributed by atoms with van der Waals surface area (Å²) in [6.07, 6.45) is 0.213. The molecule has 0 atom stereocenters. The molecule has 20 heavy (non-hydrogen) atoms. The summed E-state index contributed by atoms with van der Waals surface area (Å²) in [5, 5.41) is 12.3. The minimum absolute atomic E-state index is 0.111. The average Bonchev–Trinajstić information content (AvgIpc) is 2.37. The van der Waals surface area contributed by atoms with Crippen LogP contribution >= 0.6 is 0 Å². The molecule has 0 aliphatic heterocycles. The van der Waals surface area contributed by atoms with Crippen molar-refractivity contribution in [3.8, 4) is 0 Å². The van der Waals surface area contributed by atoms with E-state index in [0.29, 0.717) is 5.56 Å². The van der Waals surface area contributed by atoms with Gasteiger partial charge in [-0.2, -0.15) is 0 Å². The average molecular weight is 278 g/mol. The molecule has 0 aliphatic rings. The third-order valence-electron chi connectivity index (χ3n) is 2.71. The van der Waals surface area contributed by atoms with E-state index in [1.165, 1.54) is 4.90 Å². The number of likely N-dealkylation sites (N-methyl/N-ethyl adjacent to an activating group) is 1. The lowest BCUT2D eigenvalue weighted by molar-refractivity contribution is -0.132. The zero-order valence-electron chi connectivity index (χ0n) is 12.2. The molecular formula is C15H22N2O3. The Morgan fingerprint density at radius 3 is 2.40 bits per heavy atom. The summed E-state index contributed by atoms with van der Waals surface area (Å²) in [7, 11) is 1.64. The first kappa shape index (κ1) is 16.2. The van der Waals surface area contributed by atoms with Crippen LogP contribution < -0.4 is 5.32 Å². The molecule has 0 saturated heterocycles. The van der Waals surface area contributed by atoms with Gasteiger partial charge < -0.3 is 15.3 Å². The van der Waals surface area contributed by atoms with Crippen molar-refractivity contribution >= 4 is 11.8 Å². The Bertz CT molecular complexity index is 452. The van der Waals surface area contributed by atoms with E-state index in [9.17, 15) is 14.7 Å². The van der Waals surface area contributed by atoms with Gasteiger partial charge in [0.05, 0.1) is 5.60 Å². The Morgan fingerprint density at radius 1 is 1.25 bits per heavy atom. The van der Waals surface area contributed by atoms with Crippen molar-refractivity contribution in [3.05, 3.63) is 35.9 Å². The van der Waals surface area contributed by atoms with Crippen LogP contribution in [0.25, 0.3) is 0 Å². The summed E-state index contributed by atoms with van der Waals surface area (Å²) in [5.41, 5.74) is -0.345. The molecule has 110 valence electrons. The van der Waals surface area contributed by atoms with Crippen LogP contribution in [-0.2, 0) is 4.79 Å². The van der Waals surface area contributed by atoms with Gasteiger partial charge in [0, 0.05) is 32.1 Å². The Labute approximate surface area is 119 Å². The summed E-state index contributed by atoms with van der Waals surface area (Å²) in [5.74, 6) is -0.302. The number of hydrogen-bond acceptors (Lipinski definition) is 3. The molecule has 0 aliphatic carbocycles. The number of nitrogens with one attached hydrogen (secondary N) is 1. The van der Waals surface area contributed by atoms with Gasteiger partial charge >= 0.3 is 0 Å². The minimum Gasteiger partial charge on any atom is -0.389 e. The summed E-state index contributed by atoms with van der Waals surface area (Å²) < 4.78 is 0. The molecule has 0 aromatic heterocycles. The Balaban J connectivity index is 2.34. The van der Waals surface area contributed by atoms with Crippen molar-refractivity contribution in [2.45, 2.75) is 25.9 Å². The molecule has 0 spiro atoms. The Hall–Kier alpha value is -1.88. The van der Waals surface area contributed by atoms with Crippen molar-refractivity contribution in [1.82, 2.24) is 10.2 Å². The standard InChI is InChI=1S/C15H22N2O3/c1-15(2,20)11-17(3)13(18)9-10-16-14(19)12-7-5-4-6-8-12/h4-8,20H,9-11H2,1-3H3,(H,16,19). The largest absolute Gasteiger partial charge is 0.389 e. The summed E-state index contributed by atoms with van der Waals surface area (Å²) in [6.45, 7) is 3.84. The number of carbonyl (C=O) groups is 2. The van der Waals surface area contributed by atoms with Crippen molar-refractivity contribution in [2.75, 3.05) is 20.1 Å². The van der Waals surface area contributed by atoms with Gasteiger partial charge in [0.2, 0.25) is 5.91 Å². The van der Waals surface area contributed by atoms with Crippen molar-refractivity contribution in [3.63, 3.8) is 0 Å². The monoisotopic (exact) mass is 278 g/mol. The highest BCUT2D eigenvalue weighted by atomic mass is 16.3. The summed E-state index contributed by atoms with van der Waals surface area (Å²) in [6, 6.07) is 8.86. The number of rotatable bonds is 6. The van der Waals surface area contributed by atoms with Crippen molar-refractivity contribution in [2.24, 2.45) is 0 Å². The fourth-order valence-corrected chi connectivity index (χ4v) is 1.83. The van der Waals surface area contributed by atoms with E-state index in [0.717, 1.165) is 0 Å². The zero-order chi connectivity index (χ0) is 15.2. The van der Waals surface area contributed by atoms with Gasteiger partial charge in [-0.3, -0.25) is 9.59 Å². The molecule has 2 N–H and O–H groups in total. The lowest BCUT2D eigenvalue weighted by Crippen LogP contribution is -2.40. The molecule has 1 aromatic rings. The molecule has 5 nitrogen and oxygen atoms in total. The first-order valence-corrected chi connectivity index (χ1v) is 6.59. The molecule has 0 saturated carbocycles. The normalized spacial score (nSPS) is 11.0. The Kier molecular flexibility index (Phi) is 5.70. The van der Waals surface area contributed by atoms with Crippen LogP contribution in [0.4, 0.5) is 0 Å². The van der Waals surface area contributed by atoms with Gasteiger partial charge in [0.1, 0.15) is 0 Å². The van der Waals surface area contributed by atoms with Gasteiger partial charge in [-0.1, -0.05) is 18.2 Å². The number of carbonyl (C=O) groups excluding carboxylic acids is 2. The van der Waals surface area contributed by atoms with Gasteiger partial charge in [0.15, 0.2) is 0 Å². The molecule has 5 heteroatoms. The maximum absolute atomic E-state index is 11.8. The predicted molar refractivity (Wildman–Crippen MR) is 77.3 cm³/mol. The number of hydrogen-bond donors (Lipinski definition) is 2. The van der Waals surface area contributed by atoms with E-state index in [1.54, 1.807) is 45.2 Å². The fourth-order valence-electron chi connectivity index (χ4n) is 1.83. The van der Waals surface area contributed by atoms with E-state index < -0.39 is 5.60 Å². The highest BCUT2D eigenvalue weighted by molar-refractivity contribution is 5.94. The van der Waals surface area contributed by atoms with E-state index in [1.807, 2.05) is 6.07 Å². The van der Waals surface area contributed by atoms with E-state index in [4.69, 9.17) is 0 Å². The SMILES string of the molecule is CN(CC(C)(C)O)C(=O)CCNC(=O)c1ccccc1. The second-order valence-electron chi connectivity index (χ2n) is 5.43. The maximum Gasteiger partial charge on any atom is 0.251 e. The fraction of sp³-hybridized carbons (Fsp3) is 0.467. The number of nitrogens with zero attached hydrogens (tertiary/aromatic N) is 1. The van der Waals surface area contributed by atoms with Gasteiger partial charge in [-0.15, -0.1) is 0 Å². The molecule has 0 bridgehead atoms. The second-order valence-corrected chi connectivity index (χ2v) is 5.43. The van der Waals surface area contributed by atoms with Crippen molar-refractivity contribution < 1.29 is 14.7 Å². The van der Waals surface area contributed by atoms with Gasteiger partial charge in [-0.25, -0.2) is 0 Å². The third kappa shape index (κ3) is 5.84. The maximum atomic E-state index is 11.8. The number of aliphatic hydroxyl groups is 1. The van der Waals surface area contributed by atoms with Crippen LogP contribution in [0.1, 0.15) is 30.6 Å². The molecule has 0 radical (unpaired) electrons. The number of benzene rings is 1. The van der Waals surface area contributed by atoms with Crippen LogP contribution in [0.2, 0.25) is 0 Å². The quantitative estimate of drug-likeness (QED) is 0.816. The first-order valence-electron chi connectivity index (χ1n) is 6.59. The highest BCUT2D eigenvalue weighted by Gasteiger charge is 2.19. The van der Waals surface area contributed by atoms with Crippen LogP contribution in [0.5, 0.6) is 0 Å². The lowest BCUT2D eigenvalue weighted by atomic mass is 10.1. The molecule has 1 rings (SSSR count). The zero-order valence-corrected chi connectivity index (χ0v) is 12.2. The van der Waals surface area contributed by atoms with Gasteiger partial charge in [0.25, 0.3) is 5.91 Å². The summed E-state index contributed by atoms with van der Waals surface area (Å²) in [4.78, 5) is 25.0. The molecular weight excluding hydrogens is 256 g/mol. The molecule has 0 heterocycles. The Morgan fingerprint density at radius 2 is 1.85 bits per heavy atom. The van der Waals surface area contributed by atoms with Crippen LogP contribution in [-0.4, -0.2) is 47.6 Å². The van der Waals surface area contributed by atoms with E-state index in [2.05, 4.69) is 5.32 Å². The summed E-state index contributed by atoms with van der Waals surface area (Å²) >= 11 is 0. The third-order valence-corrected chi connectivity index (χ3v) is 2.71. The van der Waals surface area contributed by atoms with Crippen LogP contribution in [0.3, 0.4) is 0 Å². The van der Waals surface area contributed by atoms with Crippen molar-refractivity contribution in [1.29, 1.82) is 0 Å². The molecule has 1 aromatic carbocycles. The predicted octanol–water partition coefficient (Wildman–Crippen LogP) is 1.04. The molecule has 0 fully saturated rings. The van der Waals surface area contributed by atoms with Crippen LogP contribution in [0, 0.1) is 0 Å². The molecule has 2 amide bonds. The van der Waals surface area contributed by atoms with Crippen LogP contribution in [0.15, 0.2) is 30.3 Å². The van der Waals surface area contributed by atoms with E-state index in [-0.39, 0.29) is 31.3 Å². The van der Waals surface area contributed by atoms with E-state index >= 15 is 0 Å². The second kappa shape index (κ2) is 7.05. The topological polar surface area (TPSA) is 69.6 Å². The number of amides is 2. The minimum atomic E-state index is -0.919. The molecule has 0 unspecified atom stereocenters. The smallest absolute Gasteiger partial charge is 0.251 e. The van der Waals surface area contributed by atoms with Gasteiger partial charge in [-0.05, 0) is 26.0 Å². The first-order chi connectivity index (χ1) is 9.29. The lowest BCUT2D eigenvalue weighted by Gasteiger charge is -2.25. The highest BCUT2D eigenvalue weighted by Crippen LogP contribution is 2.04.